The topological polar surface area (TPSA) is 50.4 Å². The molecular weight excluding hydrogens is 632 g/mol. The van der Waals surface area contributed by atoms with E-state index in [9.17, 15) is 4.79 Å². The lowest BCUT2D eigenvalue weighted by molar-refractivity contribution is -0.116. The fourth-order valence-electron chi connectivity index (χ4n) is 3.24. The summed E-state index contributed by atoms with van der Waals surface area (Å²) in [5, 5.41) is 6.33. The number of hydrogen-bond donors (Lipinski definition) is 2. The predicted octanol–water partition coefficient (Wildman–Crippen LogP) is 7.72. The molecule has 1 aliphatic heterocycles. The van der Waals surface area contributed by atoms with Gasteiger partial charge in [-0.2, -0.15) is 0 Å². The molecule has 1 aliphatic rings. The average Bonchev–Trinajstić information content (AvgIpc) is 3.13. The number of amides is 1. The number of benzene rings is 3. The van der Waals surface area contributed by atoms with Gasteiger partial charge >= 0.3 is 0 Å². The van der Waals surface area contributed by atoms with Crippen LogP contribution in [0, 0.1) is 0 Å². The van der Waals surface area contributed by atoms with Gasteiger partial charge in [-0.3, -0.25) is 4.79 Å². The number of carbonyl (C=O) groups is 1. The van der Waals surface area contributed by atoms with E-state index in [2.05, 4.69) is 77.5 Å². The number of ether oxygens (including phenoxy) is 1. The molecule has 33 heavy (non-hydrogen) atoms. The fraction of sp³-hybridized carbons (Fsp3) is 0.160. The fourth-order valence-corrected chi connectivity index (χ4v) is 5.94. The Bertz CT molecular complexity index is 1160. The van der Waals surface area contributed by atoms with E-state index < -0.39 is 0 Å². The first kappa shape index (κ1) is 24.4. The van der Waals surface area contributed by atoms with E-state index in [1.54, 1.807) is 0 Å². The van der Waals surface area contributed by atoms with Crippen molar-refractivity contribution >= 4 is 77.2 Å². The summed E-state index contributed by atoms with van der Waals surface area (Å²) in [6, 6.07) is 20.2. The van der Waals surface area contributed by atoms with Crippen molar-refractivity contribution in [1.29, 1.82) is 0 Å². The molecule has 1 fully saturated rings. The number of halogens is 3. The molecule has 0 saturated carbocycles. The van der Waals surface area contributed by atoms with Gasteiger partial charge in [0.25, 0.3) is 5.91 Å². The highest BCUT2D eigenvalue weighted by molar-refractivity contribution is 9.11. The quantitative estimate of drug-likeness (QED) is 0.257. The Kier molecular flexibility index (Phi) is 8.22. The summed E-state index contributed by atoms with van der Waals surface area (Å²) in [5.74, 6) is 0.629. The third kappa shape index (κ3) is 6.44. The Morgan fingerprint density at radius 2 is 1.64 bits per heavy atom. The predicted molar refractivity (Wildman–Crippen MR) is 147 cm³/mol. The van der Waals surface area contributed by atoms with Crippen LogP contribution in [0.25, 0.3) is 6.08 Å². The van der Waals surface area contributed by atoms with Gasteiger partial charge in [-0.05, 0) is 97.4 Å². The van der Waals surface area contributed by atoms with Gasteiger partial charge in [0.1, 0.15) is 12.4 Å². The van der Waals surface area contributed by atoms with Gasteiger partial charge in [-0.15, -0.1) is 0 Å². The van der Waals surface area contributed by atoms with Crippen molar-refractivity contribution in [2.45, 2.75) is 25.4 Å². The summed E-state index contributed by atoms with van der Waals surface area (Å²) in [4.78, 5) is 13.2. The van der Waals surface area contributed by atoms with Crippen LogP contribution in [0.1, 0.15) is 23.6 Å². The maximum absolute atomic E-state index is 12.5. The number of aryl methyl sites for hydroxylation is 1. The molecule has 4 nitrogen and oxygen atoms in total. The van der Waals surface area contributed by atoms with Crippen molar-refractivity contribution in [2.24, 2.45) is 0 Å². The third-order valence-corrected chi connectivity index (χ3v) is 7.74. The van der Waals surface area contributed by atoms with Gasteiger partial charge in [-0.25, -0.2) is 0 Å². The normalized spacial score (nSPS) is 16.7. The van der Waals surface area contributed by atoms with Crippen LogP contribution in [-0.2, 0) is 17.8 Å². The minimum atomic E-state index is -0.211. The van der Waals surface area contributed by atoms with Crippen molar-refractivity contribution in [2.75, 3.05) is 5.32 Å². The molecule has 3 aromatic rings. The number of thioether (sulfide) groups is 1. The molecule has 1 amide bonds. The second-order valence-electron chi connectivity index (χ2n) is 7.40. The van der Waals surface area contributed by atoms with Gasteiger partial charge in [0, 0.05) is 10.2 Å². The molecule has 0 unspecified atom stereocenters. The first-order valence-electron chi connectivity index (χ1n) is 10.3. The molecule has 2 N–H and O–H groups in total. The van der Waals surface area contributed by atoms with Crippen LogP contribution in [0.15, 0.2) is 79.0 Å². The number of carbonyl (C=O) groups excluding carboxylic acids is 1. The Morgan fingerprint density at radius 1 is 1.00 bits per heavy atom. The van der Waals surface area contributed by atoms with E-state index in [4.69, 9.17) is 4.74 Å². The van der Waals surface area contributed by atoms with Crippen LogP contribution in [0.5, 0.6) is 5.75 Å². The summed E-state index contributed by atoms with van der Waals surface area (Å²) in [5.41, 5.74) is 4.02. The molecule has 0 spiro atoms. The van der Waals surface area contributed by atoms with E-state index in [1.165, 1.54) is 17.3 Å². The first-order chi connectivity index (χ1) is 15.9. The lowest BCUT2D eigenvalue weighted by Crippen LogP contribution is -2.30. The Labute approximate surface area is 223 Å². The van der Waals surface area contributed by atoms with Crippen LogP contribution in [0.4, 0.5) is 5.69 Å². The molecule has 0 aromatic heterocycles. The summed E-state index contributed by atoms with van der Waals surface area (Å²) < 4.78 is 8.68. The zero-order chi connectivity index (χ0) is 23.4. The van der Waals surface area contributed by atoms with E-state index in [-0.39, 0.29) is 11.4 Å². The molecular formula is C25H21Br3N2O2S. The second kappa shape index (κ2) is 11.1. The summed E-state index contributed by atoms with van der Waals surface area (Å²) in [7, 11) is 0. The number of anilines is 1. The zero-order valence-electron chi connectivity index (χ0n) is 17.7. The van der Waals surface area contributed by atoms with Crippen LogP contribution >= 0.6 is 59.6 Å². The molecule has 0 radical (unpaired) electrons. The minimum Gasteiger partial charge on any atom is -0.487 e. The van der Waals surface area contributed by atoms with Crippen LogP contribution in [0.2, 0.25) is 0 Å². The van der Waals surface area contributed by atoms with E-state index >= 15 is 0 Å². The van der Waals surface area contributed by atoms with Gasteiger partial charge < -0.3 is 15.4 Å². The maximum atomic E-state index is 12.5. The highest BCUT2D eigenvalue weighted by Crippen LogP contribution is 2.37. The first-order valence-corrected chi connectivity index (χ1v) is 13.6. The summed E-state index contributed by atoms with van der Waals surface area (Å²) in [6.07, 6.45) is 2.89. The molecule has 0 bridgehead atoms. The summed E-state index contributed by atoms with van der Waals surface area (Å²) >= 11 is 12.1. The van der Waals surface area contributed by atoms with Gasteiger partial charge in [0.2, 0.25) is 0 Å². The van der Waals surface area contributed by atoms with Gasteiger partial charge in [0.15, 0.2) is 5.50 Å². The SMILES string of the molecule is CCc1ccc(N[C@@H]2NC(=O)/C(=C/c3cc(Br)c(OCc4ccc(Br)cc4)c(Br)c3)S2)cc1. The van der Waals surface area contributed by atoms with Crippen molar-refractivity contribution in [3.8, 4) is 5.75 Å². The lowest BCUT2D eigenvalue weighted by Gasteiger charge is -2.13. The molecule has 1 saturated heterocycles. The summed E-state index contributed by atoms with van der Waals surface area (Å²) in [6.45, 7) is 2.58. The molecule has 3 aromatic carbocycles. The van der Waals surface area contributed by atoms with Crippen LogP contribution in [0.3, 0.4) is 0 Å². The second-order valence-corrected chi connectivity index (χ2v) is 11.2. The molecule has 1 atom stereocenters. The van der Waals surface area contributed by atoms with Crippen molar-refractivity contribution in [3.63, 3.8) is 0 Å². The van der Waals surface area contributed by atoms with Crippen molar-refractivity contribution < 1.29 is 9.53 Å². The van der Waals surface area contributed by atoms with E-state index in [0.717, 1.165) is 42.4 Å². The Hall–Kier alpha value is -1.74. The number of rotatable bonds is 7. The van der Waals surface area contributed by atoms with E-state index in [1.807, 2.05) is 54.6 Å². The highest BCUT2D eigenvalue weighted by Gasteiger charge is 2.27. The lowest BCUT2D eigenvalue weighted by atomic mass is 10.1. The molecule has 0 aliphatic carbocycles. The standard InChI is InChI=1S/C25H21Br3N2O2S/c1-2-15-5-9-19(10-6-15)29-25-30-24(31)22(33-25)13-17-11-20(27)23(21(28)12-17)32-14-16-3-7-18(26)8-4-16/h3-13,25,29H,2,14H2,1H3,(H,30,31)/b22-13-/t25-/m1/s1. The smallest absolute Gasteiger partial charge is 0.260 e. The highest BCUT2D eigenvalue weighted by atomic mass is 79.9. The van der Waals surface area contributed by atoms with Gasteiger partial charge in [0.05, 0.1) is 13.9 Å². The monoisotopic (exact) mass is 650 g/mol. The molecule has 170 valence electrons. The molecule has 8 heteroatoms. The van der Waals surface area contributed by atoms with Crippen molar-refractivity contribution in [1.82, 2.24) is 5.32 Å². The Balaban J connectivity index is 1.43. The molecule has 1 heterocycles. The van der Waals surface area contributed by atoms with Crippen LogP contribution < -0.4 is 15.4 Å². The van der Waals surface area contributed by atoms with E-state index in [0.29, 0.717) is 11.5 Å². The van der Waals surface area contributed by atoms with Crippen LogP contribution in [-0.4, -0.2) is 11.4 Å². The molecule has 4 rings (SSSR count). The minimum absolute atomic E-state index is 0.0921. The van der Waals surface area contributed by atoms with Crippen molar-refractivity contribution in [3.05, 3.63) is 95.7 Å². The maximum Gasteiger partial charge on any atom is 0.260 e. The number of nitrogens with one attached hydrogen (secondary N) is 2. The zero-order valence-corrected chi connectivity index (χ0v) is 23.3. The van der Waals surface area contributed by atoms with Gasteiger partial charge in [-0.1, -0.05) is 58.9 Å². The largest absolute Gasteiger partial charge is 0.487 e. The number of hydrogen-bond acceptors (Lipinski definition) is 4. The Morgan fingerprint density at radius 3 is 2.27 bits per heavy atom. The third-order valence-electron chi connectivity index (χ3n) is 5.01. The average molecular weight is 653 g/mol.